The van der Waals surface area contributed by atoms with E-state index in [9.17, 15) is 8.42 Å². The van der Waals surface area contributed by atoms with E-state index in [-0.39, 0.29) is 17.5 Å². The Morgan fingerprint density at radius 1 is 1.50 bits per heavy atom. The molecule has 1 unspecified atom stereocenters. The Balaban J connectivity index is 2.17. The molecule has 2 heterocycles. The number of H-pyrrole nitrogens is 2. The molecule has 2 aromatic heterocycles. The number of rotatable bonds is 5. The first-order valence-electron chi connectivity index (χ1n) is 5.32. The zero-order chi connectivity index (χ0) is 13.2. The van der Waals surface area contributed by atoms with Gasteiger partial charge in [0.2, 0.25) is 10.0 Å². The summed E-state index contributed by atoms with van der Waals surface area (Å²) in [5.74, 6) is 0. The monoisotopic (exact) mass is 270 g/mol. The van der Waals surface area contributed by atoms with Gasteiger partial charge in [-0.3, -0.25) is 5.10 Å². The molecular formula is C10H14N4O3S. The molecule has 7 nitrogen and oxygen atoms in total. The summed E-state index contributed by atoms with van der Waals surface area (Å²) in [7, 11) is -3.61. The number of sulfonamides is 1. The van der Waals surface area contributed by atoms with Crippen molar-refractivity contribution in [2.45, 2.75) is 24.5 Å². The summed E-state index contributed by atoms with van der Waals surface area (Å²) >= 11 is 0. The number of hydrogen-bond donors (Lipinski definition) is 4. The third kappa shape index (κ3) is 2.61. The van der Waals surface area contributed by atoms with E-state index in [1.54, 1.807) is 19.3 Å². The van der Waals surface area contributed by atoms with Crippen LogP contribution in [0, 0.1) is 0 Å². The Hall–Kier alpha value is -1.64. The van der Waals surface area contributed by atoms with Crippen LogP contribution >= 0.6 is 0 Å². The Morgan fingerprint density at radius 2 is 2.28 bits per heavy atom. The van der Waals surface area contributed by atoms with Gasteiger partial charge < -0.3 is 10.1 Å². The van der Waals surface area contributed by atoms with Crippen molar-refractivity contribution >= 4 is 10.0 Å². The van der Waals surface area contributed by atoms with Gasteiger partial charge in [-0.2, -0.15) is 5.10 Å². The summed E-state index contributed by atoms with van der Waals surface area (Å²) in [6, 6.07) is 1.01. The van der Waals surface area contributed by atoms with Crippen molar-refractivity contribution in [3.63, 3.8) is 0 Å². The average molecular weight is 270 g/mol. The maximum atomic E-state index is 12.0. The molecule has 8 heteroatoms. The van der Waals surface area contributed by atoms with E-state index in [4.69, 9.17) is 5.11 Å². The van der Waals surface area contributed by atoms with Crippen LogP contribution in [0.3, 0.4) is 0 Å². The van der Waals surface area contributed by atoms with E-state index in [0.717, 1.165) is 5.56 Å². The number of nitrogens with one attached hydrogen (secondary N) is 3. The lowest BCUT2D eigenvalue weighted by molar-refractivity contribution is 0.277. The molecular weight excluding hydrogens is 256 g/mol. The Kier molecular flexibility index (Phi) is 3.50. The molecule has 0 saturated carbocycles. The molecule has 0 aliphatic heterocycles. The van der Waals surface area contributed by atoms with E-state index >= 15 is 0 Å². The molecule has 18 heavy (non-hydrogen) atoms. The lowest BCUT2D eigenvalue weighted by Crippen LogP contribution is -2.26. The van der Waals surface area contributed by atoms with Crippen molar-refractivity contribution in [3.8, 4) is 0 Å². The van der Waals surface area contributed by atoms with Crippen LogP contribution in [-0.2, 0) is 16.6 Å². The first-order valence-corrected chi connectivity index (χ1v) is 6.80. The van der Waals surface area contributed by atoms with Crippen molar-refractivity contribution in [1.82, 2.24) is 19.9 Å². The number of aliphatic hydroxyl groups excluding tert-OH is 1. The average Bonchev–Trinajstić information content (AvgIpc) is 3.00. The second kappa shape index (κ2) is 4.92. The Labute approximate surface area is 104 Å². The van der Waals surface area contributed by atoms with Crippen LogP contribution < -0.4 is 4.72 Å². The van der Waals surface area contributed by atoms with E-state index in [2.05, 4.69) is 19.9 Å². The molecule has 0 saturated heterocycles. The summed E-state index contributed by atoms with van der Waals surface area (Å²) in [6.45, 7) is 1.49. The van der Waals surface area contributed by atoms with E-state index in [1.165, 1.54) is 12.3 Å². The quantitative estimate of drug-likeness (QED) is 0.625. The molecule has 98 valence electrons. The van der Waals surface area contributed by atoms with Gasteiger partial charge in [-0.25, -0.2) is 13.1 Å². The third-order valence-electron chi connectivity index (χ3n) is 2.55. The summed E-state index contributed by atoms with van der Waals surface area (Å²) < 4.78 is 26.6. The summed E-state index contributed by atoms with van der Waals surface area (Å²) in [4.78, 5) is 2.78. The van der Waals surface area contributed by atoms with Crippen molar-refractivity contribution in [3.05, 3.63) is 35.9 Å². The Bertz CT molecular complexity index is 603. The van der Waals surface area contributed by atoms with Crippen molar-refractivity contribution in [1.29, 1.82) is 0 Å². The number of aromatic nitrogens is 3. The van der Waals surface area contributed by atoms with Gasteiger partial charge in [0.15, 0.2) is 0 Å². The van der Waals surface area contributed by atoms with Gasteiger partial charge in [-0.1, -0.05) is 0 Å². The SMILES string of the molecule is CC(NS(=O)(=O)c1c[nH]c(CO)c1)c1cn[nH]c1. The normalized spacial score (nSPS) is 13.7. The standard InChI is InChI=1S/C10H14N4O3S/c1-7(8-3-12-13-4-8)14-18(16,17)10-2-9(6-15)11-5-10/h2-5,7,11,14-15H,6H2,1H3,(H,12,13). The number of hydrogen-bond acceptors (Lipinski definition) is 4. The molecule has 0 fully saturated rings. The number of aliphatic hydroxyl groups is 1. The molecule has 0 aromatic carbocycles. The molecule has 0 aliphatic carbocycles. The zero-order valence-electron chi connectivity index (χ0n) is 9.71. The minimum atomic E-state index is -3.61. The van der Waals surface area contributed by atoms with Crippen molar-refractivity contribution < 1.29 is 13.5 Å². The lowest BCUT2D eigenvalue weighted by atomic mass is 10.2. The van der Waals surface area contributed by atoms with Crippen LogP contribution in [0.4, 0.5) is 0 Å². The molecule has 2 aromatic rings. The van der Waals surface area contributed by atoms with Crippen LogP contribution in [0.15, 0.2) is 29.6 Å². The predicted octanol–water partition coefficient (Wildman–Crippen LogP) is 0.270. The molecule has 1 atom stereocenters. The zero-order valence-corrected chi connectivity index (χ0v) is 10.5. The maximum absolute atomic E-state index is 12.0. The first kappa shape index (κ1) is 12.8. The summed E-state index contributed by atoms with van der Waals surface area (Å²) in [5.41, 5.74) is 1.20. The lowest BCUT2D eigenvalue weighted by Gasteiger charge is -2.11. The first-order chi connectivity index (χ1) is 8.53. The highest BCUT2D eigenvalue weighted by molar-refractivity contribution is 7.89. The van der Waals surface area contributed by atoms with Crippen LogP contribution in [0.1, 0.15) is 24.2 Å². The third-order valence-corrected chi connectivity index (χ3v) is 4.07. The van der Waals surface area contributed by atoms with E-state index < -0.39 is 10.0 Å². The summed E-state index contributed by atoms with van der Waals surface area (Å²) in [5, 5.41) is 15.3. The van der Waals surface area contributed by atoms with Gasteiger partial charge in [0.1, 0.15) is 0 Å². The van der Waals surface area contributed by atoms with Crippen LogP contribution in [0.5, 0.6) is 0 Å². The number of nitrogens with zero attached hydrogens (tertiary/aromatic N) is 1. The molecule has 0 spiro atoms. The fraction of sp³-hybridized carbons (Fsp3) is 0.300. The molecule has 4 N–H and O–H groups in total. The maximum Gasteiger partial charge on any atom is 0.242 e. The van der Waals surface area contributed by atoms with Gasteiger partial charge in [-0.15, -0.1) is 0 Å². The fourth-order valence-corrected chi connectivity index (χ4v) is 2.78. The Morgan fingerprint density at radius 3 is 2.83 bits per heavy atom. The molecule has 0 aliphatic rings. The highest BCUT2D eigenvalue weighted by Crippen LogP contribution is 2.16. The molecule has 0 radical (unpaired) electrons. The fourth-order valence-electron chi connectivity index (χ4n) is 1.53. The van der Waals surface area contributed by atoms with Crippen LogP contribution in [0.25, 0.3) is 0 Å². The van der Waals surface area contributed by atoms with Gasteiger partial charge in [0.25, 0.3) is 0 Å². The van der Waals surface area contributed by atoms with Gasteiger partial charge in [0.05, 0.1) is 17.7 Å². The molecule has 2 rings (SSSR count). The van der Waals surface area contributed by atoms with Gasteiger partial charge in [-0.05, 0) is 13.0 Å². The minimum absolute atomic E-state index is 0.0990. The molecule has 0 amide bonds. The number of aromatic amines is 2. The predicted molar refractivity (Wildman–Crippen MR) is 64.0 cm³/mol. The minimum Gasteiger partial charge on any atom is -0.390 e. The highest BCUT2D eigenvalue weighted by Gasteiger charge is 2.20. The van der Waals surface area contributed by atoms with Gasteiger partial charge >= 0.3 is 0 Å². The second-order valence-corrected chi connectivity index (χ2v) is 5.61. The van der Waals surface area contributed by atoms with Gasteiger partial charge in [0, 0.05) is 29.7 Å². The smallest absolute Gasteiger partial charge is 0.242 e. The summed E-state index contributed by atoms with van der Waals surface area (Å²) in [6.07, 6.45) is 4.53. The molecule has 0 bridgehead atoms. The van der Waals surface area contributed by atoms with Crippen LogP contribution in [-0.4, -0.2) is 28.7 Å². The topological polar surface area (TPSA) is 111 Å². The van der Waals surface area contributed by atoms with Crippen molar-refractivity contribution in [2.24, 2.45) is 0 Å². The van der Waals surface area contributed by atoms with Crippen molar-refractivity contribution in [2.75, 3.05) is 0 Å². The van der Waals surface area contributed by atoms with E-state index in [1.807, 2.05) is 0 Å². The van der Waals surface area contributed by atoms with Crippen LogP contribution in [0.2, 0.25) is 0 Å². The highest BCUT2D eigenvalue weighted by atomic mass is 32.2. The van der Waals surface area contributed by atoms with E-state index in [0.29, 0.717) is 5.69 Å². The second-order valence-electron chi connectivity index (χ2n) is 3.89. The largest absolute Gasteiger partial charge is 0.390 e.